The van der Waals surface area contributed by atoms with Gasteiger partial charge in [-0.2, -0.15) is 0 Å². The molecule has 1 aliphatic carbocycles. The molecule has 2 rings (SSSR count). The average Bonchev–Trinajstić information content (AvgIpc) is 2.27. The molecular formula is C16H25N. The van der Waals surface area contributed by atoms with E-state index >= 15 is 0 Å². The van der Waals surface area contributed by atoms with Crippen LogP contribution in [0.1, 0.15) is 63.5 Å². The van der Waals surface area contributed by atoms with E-state index in [1.165, 1.54) is 12.8 Å². The monoisotopic (exact) mass is 231 g/mol. The fraction of sp³-hybridized carbons (Fsp3) is 0.625. The highest BCUT2D eigenvalue weighted by atomic mass is 14.9. The first-order chi connectivity index (χ1) is 7.97. The predicted octanol–water partition coefficient (Wildman–Crippen LogP) is 4.06. The second-order valence-electron chi connectivity index (χ2n) is 6.44. The van der Waals surface area contributed by atoms with Gasteiger partial charge in [-0.25, -0.2) is 0 Å². The standard InChI is InChI=1S/C16H25N/c1-12-9-10-13(11-17-16(2,3)4)15-8-6-5-7-14(12)15/h5-8,12-13,17H,9-11H2,1-4H3. The summed E-state index contributed by atoms with van der Waals surface area (Å²) in [6, 6.07) is 8.99. The molecular weight excluding hydrogens is 206 g/mol. The molecule has 0 heterocycles. The molecule has 0 amide bonds. The molecule has 2 atom stereocenters. The molecule has 0 spiro atoms. The topological polar surface area (TPSA) is 12.0 Å². The van der Waals surface area contributed by atoms with E-state index < -0.39 is 0 Å². The number of nitrogens with one attached hydrogen (secondary N) is 1. The van der Waals surface area contributed by atoms with Gasteiger partial charge in [0.2, 0.25) is 0 Å². The molecule has 0 fully saturated rings. The van der Waals surface area contributed by atoms with E-state index in [0.29, 0.717) is 5.92 Å². The lowest BCUT2D eigenvalue weighted by Crippen LogP contribution is -2.39. The molecule has 1 aromatic carbocycles. The van der Waals surface area contributed by atoms with Crippen LogP contribution >= 0.6 is 0 Å². The minimum Gasteiger partial charge on any atom is -0.311 e. The van der Waals surface area contributed by atoms with Crippen molar-refractivity contribution in [2.75, 3.05) is 6.54 Å². The molecule has 0 aromatic heterocycles. The minimum absolute atomic E-state index is 0.220. The van der Waals surface area contributed by atoms with Gasteiger partial charge in [-0.1, -0.05) is 31.2 Å². The summed E-state index contributed by atoms with van der Waals surface area (Å²) in [5, 5.41) is 3.65. The lowest BCUT2D eigenvalue weighted by atomic mass is 9.77. The number of hydrogen-bond acceptors (Lipinski definition) is 1. The summed E-state index contributed by atoms with van der Waals surface area (Å²) in [5.74, 6) is 1.43. The Morgan fingerprint density at radius 3 is 2.41 bits per heavy atom. The molecule has 94 valence electrons. The summed E-state index contributed by atoms with van der Waals surface area (Å²) in [6.45, 7) is 10.2. The van der Waals surface area contributed by atoms with Gasteiger partial charge in [-0.3, -0.25) is 0 Å². The summed E-state index contributed by atoms with van der Waals surface area (Å²) >= 11 is 0. The van der Waals surface area contributed by atoms with Gasteiger partial charge in [0.05, 0.1) is 0 Å². The third-order valence-corrected chi connectivity index (χ3v) is 3.79. The summed E-state index contributed by atoms with van der Waals surface area (Å²) in [5.41, 5.74) is 3.36. The van der Waals surface area contributed by atoms with E-state index in [1.54, 1.807) is 11.1 Å². The maximum Gasteiger partial charge on any atom is 0.00967 e. The molecule has 2 unspecified atom stereocenters. The van der Waals surface area contributed by atoms with Gasteiger partial charge in [0.25, 0.3) is 0 Å². The molecule has 1 nitrogen and oxygen atoms in total. The lowest BCUT2D eigenvalue weighted by molar-refractivity contribution is 0.383. The van der Waals surface area contributed by atoms with Crippen LogP contribution in [0.25, 0.3) is 0 Å². The number of benzene rings is 1. The van der Waals surface area contributed by atoms with Gasteiger partial charge >= 0.3 is 0 Å². The van der Waals surface area contributed by atoms with Crippen LogP contribution in [0.3, 0.4) is 0 Å². The number of rotatable bonds is 2. The summed E-state index contributed by atoms with van der Waals surface area (Å²) in [6.07, 6.45) is 2.65. The third-order valence-electron chi connectivity index (χ3n) is 3.79. The van der Waals surface area contributed by atoms with Crippen LogP contribution in [0.15, 0.2) is 24.3 Å². The molecule has 0 saturated heterocycles. The Labute approximate surface area is 106 Å². The normalized spacial score (nSPS) is 24.5. The van der Waals surface area contributed by atoms with Crippen molar-refractivity contribution in [1.29, 1.82) is 0 Å². The molecule has 1 aliphatic rings. The van der Waals surface area contributed by atoms with Crippen LogP contribution in [0.4, 0.5) is 0 Å². The highest BCUT2D eigenvalue weighted by Gasteiger charge is 2.25. The number of fused-ring (bicyclic) bond motifs is 1. The van der Waals surface area contributed by atoms with Crippen molar-refractivity contribution in [3.63, 3.8) is 0 Å². The maximum absolute atomic E-state index is 3.65. The van der Waals surface area contributed by atoms with Crippen LogP contribution in [-0.4, -0.2) is 12.1 Å². The van der Waals surface area contributed by atoms with Crippen LogP contribution in [-0.2, 0) is 0 Å². The van der Waals surface area contributed by atoms with Gasteiger partial charge in [0.15, 0.2) is 0 Å². The molecule has 0 bridgehead atoms. The Kier molecular flexibility index (Phi) is 3.58. The van der Waals surface area contributed by atoms with Crippen molar-refractivity contribution in [2.45, 2.75) is 57.9 Å². The van der Waals surface area contributed by atoms with Crippen LogP contribution < -0.4 is 5.32 Å². The fourth-order valence-electron chi connectivity index (χ4n) is 2.74. The van der Waals surface area contributed by atoms with Crippen LogP contribution in [0, 0.1) is 0 Å². The largest absolute Gasteiger partial charge is 0.311 e. The molecule has 17 heavy (non-hydrogen) atoms. The van der Waals surface area contributed by atoms with Crippen molar-refractivity contribution >= 4 is 0 Å². The van der Waals surface area contributed by atoms with Crippen molar-refractivity contribution in [2.24, 2.45) is 0 Å². The average molecular weight is 231 g/mol. The number of hydrogen-bond donors (Lipinski definition) is 1. The van der Waals surface area contributed by atoms with E-state index in [-0.39, 0.29) is 5.54 Å². The Bertz CT molecular complexity index is 375. The van der Waals surface area contributed by atoms with Gasteiger partial charge in [-0.15, -0.1) is 0 Å². The van der Waals surface area contributed by atoms with Crippen LogP contribution in [0.2, 0.25) is 0 Å². The Balaban J connectivity index is 2.13. The zero-order valence-electron chi connectivity index (χ0n) is 11.6. The van der Waals surface area contributed by atoms with Gasteiger partial charge < -0.3 is 5.32 Å². The van der Waals surface area contributed by atoms with Gasteiger partial charge in [0, 0.05) is 12.1 Å². The maximum atomic E-state index is 3.65. The quantitative estimate of drug-likeness (QED) is 0.809. The summed E-state index contributed by atoms with van der Waals surface area (Å²) in [4.78, 5) is 0. The molecule has 0 radical (unpaired) electrons. The van der Waals surface area contributed by atoms with Gasteiger partial charge in [0.1, 0.15) is 0 Å². The van der Waals surface area contributed by atoms with Crippen molar-refractivity contribution < 1.29 is 0 Å². The highest BCUT2D eigenvalue weighted by Crippen LogP contribution is 2.38. The minimum atomic E-state index is 0.220. The second-order valence-corrected chi connectivity index (χ2v) is 6.44. The first-order valence-electron chi connectivity index (χ1n) is 6.81. The Hall–Kier alpha value is -0.820. The molecule has 1 heteroatoms. The molecule has 0 aliphatic heterocycles. The molecule has 1 aromatic rings. The van der Waals surface area contributed by atoms with E-state index in [1.807, 2.05) is 0 Å². The summed E-state index contributed by atoms with van der Waals surface area (Å²) < 4.78 is 0. The Morgan fingerprint density at radius 1 is 1.12 bits per heavy atom. The zero-order valence-corrected chi connectivity index (χ0v) is 11.6. The fourth-order valence-corrected chi connectivity index (χ4v) is 2.74. The van der Waals surface area contributed by atoms with E-state index in [0.717, 1.165) is 12.5 Å². The van der Waals surface area contributed by atoms with E-state index in [4.69, 9.17) is 0 Å². The zero-order chi connectivity index (χ0) is 12.5. The van der Waals surface area contributed by atoms with Gasteiger partial charge in [-0.05, 0) is 56.6 Å². The highest BCUT2D eigenvalue weighted by molar-refractivity contribution is 5.35. The smallest absolute Gasteiger partial charge is 0.00967 e. The third kappa shape index (κ3) is 3.10. The van der Waals surface area contributed by atoms with Crippen LogP contribution in [0.5, 0.6) is 0 Å². The first kappa shape index (κ1) is 12.6. The molecule has 0 saturated carbocycles. The molecule has 1 N–H and O–H groups in total. The van der Waals surface area contributed by atoms with E-state index in [2.05, 4.69) is 57.3 Å². The van der Waals surface area contributed by atoms with Crippen molar-refractivity contribution in [3.8, 4) is 0 Å². The summed E-state index contributed by atoms with van der Waals surface area (Å²) in [7, 11) is 0. The van der Waals surface area contributed by atoms with E-state index in [9.17, 15) is 0 Å². The van der Waals surface area contributed by atoms with Crippen molar-refractivity contribution in [1.82, 2.24) is 5.32 Å². The van der Waals surface area contributed by atoms with Crippen molar-refractivity contribution in [3.05, 3.63) is 35.4 Å². The lowest BCUT2D eigenvalue weighted by Gasteiger charge is -2.32. The second kappa shape index (κ2) is 4.81. The SMILES string of the molecule is CC1CCC(CNC(C)(C)C)c2ccccc21. The first-order valence-corrected chi connectivity index (χ1v) is 6.81. The Morgan fingerprint density at radius 2 is 1.76 bits per heavy atom. The predicted molar refractivity (Wildman–Crippen MR) is 74.6 cm³/mol.